The summed E-state index contributed by atoms with van der Waals surface area (Å²) < 4.78 is 19.4. The fraction of sp³-hybridized carbons (Fsp3) is 0.522. The van der Waals surface area contributed by atoms with Crippen molar-refractivity contribution in [3.05, 3.63) is 35.2 Å². The van der Waals surface area contributed by atoms with Crippen LogP contribution in [0.15, 0.2) is 24.4 Å². The highest BCUT2D eigenvalue weighted by atomic mass is 35.5. The van der Waals surface area contributed by atoms with E-state index in [0.717, 1.165) is 49.3 Å². The van der Waals surface area contributed by atoms with Crippen LogP contribution in [0.2, 0.25) is 5.02 Å². The van der Waals surface area contributed by atoms with Crippen molar-refractivity contribution in [2.75, 3.05) is 24.6 Å². The summed E-state index contributed by atoms with van der Waals surface area (Å²) in [6.45, 7) is 8.22. The number of aryl methyl sites for hydroxylation is 1. The van der Waals surface area contributed by atoms with Gasteiger partial charge in [0, 0.05) is 37.2 Å². The van der Waals surface area contributed by atoms with Crippen LogP contribution in [-0.2, 0) is 9.47 Å². The molecule has 2 aromatic heterocycles. The molecule has 32 heavy (non-hydrogen) atoms. The Kier molecular flexibility index (Phi) is 5.92. The third kappa shape index (κ3) is 4.40. The molecule has 0 saturated carbocycles. The SMILES string of the molecule is Cc1nc(N2CC(OC3CCCCO3)C2)cc(-n2ncc3cc(Cl)c(OC(C)C)cc32)n1. The zero-order valence-electron chi connectivity index (χ0n) is 18.6. The monoisotopic (exact) mass is 457 g/mol. The van der Waals surface area contributed by atoms with Crippen molar-refractivity contribution >= 4 is 28.3 Å². The highest BCUT2D eigenvalue weighted by Gasteiger charge is 2.32. The maximum absolute atomic E-state index is 6.39. The van der Waals surface area contributed by atoms with Crippen LogP contribution >= 0.6 is 11.6 Å². The van der Waals surface area contributed by atoms with Gasteiger partial charge in [0.1, 0.15) is 17.4 Å². The molecule has 0 radical (unpaired) electrons. The lowest BCUT2D eigenvalue weighted by molar-refractivity contribution is -0.191. The highest BCUT2D eigenvalue weighted by Crippen LogP contribution is 2.32. The van der Waals surface area contributed by atoms with Gasteiger partial charge < -0.3 is 19.1 Å². The fourth-order valence-corrected chi connectivity index (χ4v) is 4.32. The number of ether oxygens (including phenoxy) is 3. The summed E-state index contributed by atoms with van der Waals surface area (Å²) in [5.74, 6) is 2.90. The molecule has 0 aliphatic carbocycles. The molecule has 0 amide bonds. The molecule has 2 fully saturated rings. The normalized spacial score (nSPS) is 19.5. The van der Waals surface area contributed by atoms with Gasteiger partial charge in [-0.3, -0.25) is 0 Å². The van der Waals surface area contributed by atoms with E-state index in [-0.39, 0.29) is 18.5 Å². The first-order chi connectivity index (χ1) is 15.5. The molecule has 0 N–H and O–H groups in total. The average Bonchev–Trinajstić information content (AvgIpc) is 3.13. The maximum atomic E-state index is 6.39. The third-order valence-corrected chi connectivity index (χ3v) is 5.96. The first kappa shape index (κ1) is 21.4. The van der Waals surface area contributed by atoms with E-state index >= 15 is 0 Å². The molecule has 8 nitrogen and oxygen atoms in total. The molecule has 0 bridgehead atoms. The molecule has 1 unspecified atom stereocenters. The Morgan fingerprint density at radius 1 is 1.12 bits per heavy atom. The number of aromatic nitrogens is 4. The van der Waals surface area contributed by atoms with E-state index in [9.17, 15) is 0 Å². The molecule has 9 heteroatoms. The van der Waals surface area contributed by atoms with Gasteiger partial charge in [-0.15, -0.1) is 0 Å². The minimum atomic E-state index is -0.0666. The van der Waals surface area contributed by atoms with E-state index in [2.05, 4.69) is 20.0 Å². The van der Waals surface area contributed by atoms with E-state index in [1.54, 1.807) is 10.9 Å². The second-order valence-electron chi connectivity index (χ2n) is 8.66. The number of nitrogens with zero attached hydrogens (tertiary/aromatic N) is 5. The lowest BCUT2D eigenvalue weighted by atomic mass is 10.1. The Bertz CT molecular complexity index is 1110. The van der Waals surface area contributed by atoms with Crippen molar-refractivity contribution in [3.8, 4) is 11.6 Å². The smallest absolute Gasteiger partial charge is 0.159 e. The summed E-state index contributed by atoms with van der Waals surface area (Å²) in [7, 11) is 0. The maximum Gasteiger partial charge on any atom is 0.159 e. The van der Waals surface area contributed by atoms with Crippen LogP contribution < -0.4 is 9.64 Å². The zero-order valence-corrected chi connectivity index (χ0v) is 19.4. The van der Waals surface area contributed by atoms with E-state index in [4.69, 9.17) is 25.8 Å². The number of rotatable bonds is 6. The molecule has 0 spiro atoms. The van der Waals surface area contributed by atoms with Crippen molar-refractivity contribution in [2.45, 2.75) is 58.5 Å². The van der Waals surface area contributed by atoms with E-state index in [1.807, 2.05) is 39.0 Å². The Morgan fingerprint density at radius 3 is 2.69 bits per heavy atom. The number of halogens is 1. The van der Waals surface area contributed by atoms with Gasteiger partial charge in [-0.1, -0.05) is 11.6 Å². The molecule has 2 saturated heterocycles. The summed E-state index contributed by atoms with van der Waals surface area (Å²) in [4.78, 5) is 11.5. The van der Waals surface area contributed by atoms with Crippen molar-refractivity contribution in [3.63, 3.8) is 0 Å². The minimum absolute atomic E-state index is 0.0230. The van der Waals surface area contributed by atoms with Crippen LogP contribution in [-0.4, -0.2) is 57.9 Å². The summed E-state index contributed by atoms with van der Waals surface area (Å²) in [5, 5.41) is 6.05. The van der Waals surface area contributed by atoms with Gasteiger partial charge in [-0.2, -0.15) is 5.10 Å². The summed E-state index contributed by atoms with van der Waals surface area (Å²) in [6.07, 6.45) is 5.18. The number of hydrogen-bond acceptors (Lipinski definition) is 7. The first-order valence-corrected chi connectivity index (χ1v) is 11.6. The standard InChI is InChI=1S/C23H28ClN5O3/c1-14(2)31-20-9-19-16(8-18(20)24)11-25-29(19)22-10-21(26-15(3)27-22)28-12-17(13-28)32-23-6-4-5-7-30-23/h8-11,14,17,23H,4-7,12-13H2,1-3H3. The second kappa shape index (κ2) is 8.84. The summed E-state index contributed by atoms with van der Waals surface area (Å²) in [5.41, 5.74) is 0.883. The van der Waals surface area contributed by atoms with Gasteiger partial charge in [0.05, 0.1) is 28.9 Å². The zero-order chi connectivity index (χ0) is 22.2. The van der Waals surface area contributed by atoms with E-state index < -0.39 is 0 Å². The quantitative estimate of drug-likeness (QED) is 0.546. The predicted molar refractivity (Wildman–Crippen MR) is 123 cm³/mol. The van der Waals surface area contributed by atoms with Gasteiger partial charge in [-0.25, -0.2) is 14.6 Å². The number of hydrogen-bond donors (Lipinski definition) is 0. The van der Waals surface area contributed by atoms with Crippen LogP contribution in [0.4, 0.5) is 5.82 Å². The van der Waals surface area contributed by atoms with E-state index in [1.165, 1.54) is 6.42 Å². The van der Waals surface area contributed by atoms with Crippen LogP contribution in [0, 0.1) is 6.92 Å². The van der Waals surface area contributed by atoms with Gasteiger partial charge in [0.2, 0.25) is 0 Å². The van der Waals surface area contributed by atoms with Crippen LogP contribution in [0.5, 0.6) is 5.75 Å². The number of benzene rings is 1. The Balaban J connectivity index is 1.37. The Morgan fingerprint density at radius 2 is 1.94 bits per heavy atom. The molecule has 4 heterocycles. The predicted octanol–water partition coefficient (Wildman–Crippen LogP) is 4.30. The Labute approximate surface area is 192 Å². The Hall–Kier alpha value is -2.42. The highest BCUT2D eigenvalue weighted by molar-refractivity contribution is 6.32. The van der Waals surface area contributed by atoms with Gasteiger partial charge in [-0.05, 0) is 46.1 Å². The van der Waals surface area contributed by atoms with Gasteiger partial charge in [0.25, 0.3) is 0 Å². The van der Waals surface area contributed by atoms with Gasteiger partial charge in [0.15, 0.2) is 12.1 Å². The number of anilines is 1. The summed E-state index contributed by atoms with van der Waals surface area (Å²) >= 11 is 6.39. The average molecular weight is 458 g/mol. The fourth-order valence-electron chi connectivity index (χ4n) is 4.11. The van der Waals surface area contributed by atoms with Crippen molar-refractivity contribution < 1.29 is 14.2 Å². The number of fused-ring (bicyclic) bond motifs is 1. The second-order valence-corrected chi connectivity index (χ2v) is 9.06. The lowest BCUT2D eigenvalue weighted by Gasteiger charge is -2.41. The molecule has 2 aliphatic rings. The molecule has 170 valence electrons. The van der Waals surface area contributed by atoms with Crippen LogP contribution in [0.3, 0.4) is 0 Å². The molecular weight excluding hydrogens is 430 g/mol. The molecule has 1 aromatic carbocycles. The van der Waals surface area contributed by atoms with Crippen LogP contribution in [0.1, 0.15) is 38.9 Å². The lowest BCUT2D eigenvalue weighted by Crippen LogP contribution is -2.54. The van der Waals surface area contributed by atoms with Crippen molar-refractivity contribution in [1.82, 2.24) is 19.7 Å². The molecule has 3 aromatic rings. The third-order valence-electron chi connectivity index (χ3n) is 5.67. The van der Waals surface area contributed by atoms with Crippen LogP contribution in [0.25, 0.3) is 16.7 Å². The van der Waals surface area contributed by atoms with Crippen molar-refractivity contribution in [2.24, 2.45) is 0 Å². The summed E-state index contributed by atoms with van der Waals surface area (Å²) in [6, 6.07) is 5.75. The largest absolute Gasteiger partial charge is 0.489 e. The van der Waals surface area contributed by atoms with Crippen molar-refractivity contribution in [1.29, 1.82) is 0 Å². The first-order valence-electron chi connectivity index (χ1n) is 11.2. The topological polar surface area (TPSA) is 74.5 Å². The minimum Gasteiger partial charge on any atom is -0.489 e. The molecule has 2 aliphatic heterocycles. The molecule has 1 atom stereocenters. The molecular formula is C23H28ClN5O3. The van der Waals surface area contributed by atoms with Gasteiger partial charge >= 0.3 is 0 Å². The van der Waals surface area contributed by atoms with E-state index in [0.29, 0.717) is 22.4 Å². The molecule has 5 rings (SSSR count).